The monoisotopic (exact) mass is 526 g/mol. The average molecular weight is 527 g/mol. The molecular weight excluding hydrogens is 500 g/mol. The van der Waals surface area contributed by atoms with E-state index in [1.165, 1.54) is 7.11 Å². The molecular formula is C26H27ClN4O6. The summed E-state index contributed by atoms with van der Waals surface area (Å²) in [6.45, 7) is 0.556. The van der Waals surface area contributed by atoms with Gasteiger partial charge in [-0.1, -0.05) is 24.4 Å². The van der Waals surface area contributed by atoms with E-state index in [2.05, 4.69) is 20.7 Å². The summed E-state index contributed by atoms with van der Waals surface area (Å²) in [5.41, 5.74) is 1.20. The molecule has 0 aromatic heterocycles. The highest BCUT2D eigenvalue weighted by Crippen LogP contribution is 2.44. The topological polar surface area (TPSA) is 126 Å². The first-order valence-corrected chi connectivity index (χ1v) is 12.5. The number of ether oxygens (including phenoxy) is 2. The Morgan fingerprint density at radius 2 is 1.97 bits per heavy atom. The number of likely N-dealkylation sites (tertiary alicyclic amines) is 1. The Balaban J connectivity index is 1.30. The van der Waals surface area contributed by atoms with Crippen LogP contribution >= 0.6 is 11.6 Å². The Bertz CT molecular complexity index is 1250. The van der Waals surface area contributed by atoms with Crippen molar-refractivity contribution >= 4 is 47.0 Å². The first-order chi connectivity index (χ1) is 17.8. The van der Waals surface area contributed by atoms with E-state index in [1.807, 2.05) is 0 Å². The quantitative estimate of drug-likeness (QED) is 0.520. The molecule has 2 aromatic carbocycles. The lowest BCUT2D eigenvalue weighted by atomic mass is 9.90. The zero-order chi connectivity index (χ0) is 26.2. The normalized spacial score (nSPS) is 20.9. The molecule has 37 heavy (non-hydrogen) atoms. The number of nitrogens with one attached hydrogen (secondary N) is 3. The maximum absolute atomic E-state index is 13.6. The fraction of sp³-hybridized carbons (Fsp3) is 0.385. The SMILES string of the molecule is COC(=O)Nc1ccc(C(=O)N[C@@H](CC2CC2)C(=O)N2CCC3(C2)OC(=O)Nc2ccc(Cl)cc23)cc1. The summed E-state index contributed by atoms with van der Waals surface area (Å²) in [6, 6.07) is 10.8. The lowest BCUT2D eigenvalue weighted by Crippen LogP contribution is -2.50. The minimum Gasteiger partial charge on any atom is -0.453 e. The second-order valence-corrected chi connectivity index (χ2v) is 10.0. The third-order valence-corrected chi connectivity index (χ3v) is 7.22. The number of hydrogen-bond acceptors (Lipinski definition) is 6. The van der Waals surface area contributed by atoms with E-state index in [1.54, 1.807) is 47.4 Å². The molecule has 2 atom stereocenters. The van der Waals surface area contributed by atoms with Crippen molar-refractivity contribution in [2.45, 2.75) is 37.3 Å². The Morgan fingerprint density at radius 3 is 2.68 bits per heavy atom. The van der Waals surface area contributed by atoms with Crippen LogP contribution in [0.1, 0.15) is 41.6 Å². The van der Waals surface area contributed by atoms with Gasteiger partial charge in [-0.05, 0) is 54.8 Å². The van der Waals surface area contributed by atoms with Gasteiger partial charge in [-0.2, -0.15) is 0 Å². The zero-order valence-electron chi connectivity index (χ0n) is 20.2. The van der Waals surface area contributed by atoms with Crippen molar-refractivity contribution in [2.24, 2.45) is 5.92 Å². The van der Waals surface area contributed by atoms with Gasteiger partial charge in [-0.15, -0.1) is 0 Å². The molecule has 2 heterocycles. The van der Waals surface area contributed by atoms with Crippen molar-refractivity contribution in [3.05, 3.63) is 58.6 Å². The van der Waals surface area contributed by atoms with Crippen molar-refractivity contribution in [3.8, 4) is 0 Å². The van der Waals surface area contributed by atoms with E-state index in [9.17, 15) is 19.2 Å². The Hall–Kier alpha value is -3.79. The van der Waals surface area contributed by atoms with E-state index in [0.717, 1.165) is 18.4 Å². The van der Waals surface area contributed by atoms with Gasteiger partial charge in [0.1, 0.15) is 6.04 Å². The van der Waals surface area contributed by atoms with Gasteiger partial charge < -0.3 is 19.7 Å². The number of halogens is 1. The number of rotatable bonds is 6. The summed E-state index contributed by atoms with van der Waals surface area (Å²) in [5, 5.41) is 8.63. The predicted octanol–water partition coefficient (Wildman–Crippen LogP) is 4.11. The molecule has 1 saturated heterocycles. The number of carbonyl (C=O) groups is 4. The van der Waals surface area contributed by atoms with Crippen LogP contribution in [0.2, 0.25) is 5.02 Å². The average Bonchev–Trinajstić information content (AvgIpc) is 3.61. The minimum absolute atomic E-state index is 0.178. The van der Waals surface area contributed by atoms with Gasteiger partial charge in [0, 0.05) is 34.8 Å². The van der Waals surface area contributed by atoms with Gasteiger partial charge >= 0.3 is 12.2 Å². The van der Waals surface area contributed by atoms with Gasteiger partial charge in [-0.25, -0.2) is 9.59 Å². The molecule has 1 saturated carbocycles. The molecule has 2 aromatic rings. The molecule has 10 nitrogen and oxygen atoms in total. The molecule has 2 fully saturated rings. The predicted molar refractivity (Wildman–Crippen MR) is 135 cm³/mol. The number of amides is 4. The Morgan fingerprint density at radius 1 is 1.22 bits per heavy atom. The maximum atomic E-state index is 13.6. The molecule has 3 aliphatic rings. The molecule has 11 heteroatoms. The summed E-state index contributed by atoms with van der Waals surface area (Å²) >= 11 is 6.22. The number of anilines is 2. The number of carbonyl (C=O) groups excluding carboxylic acids is 4. The minimum atomic E-state index is -0.991. The van der Waals surface area contributed by atoms with Gasteiger partial charge in [0.2, 0.25) is 5.91 Å². The molecule has 0 bridgehead atoms. The fourth-order valence-corrected chi connectivity index (χ4v) is 5.06. The summed E-state index contributed by atoms with van der Waals surface area (Å²) in [5.74, 6) is -0.212. The van der Waals surface area contributed by atoms with Gasteiger partial charge in [0.25, 0.3) is 5.91 Å². The standard InChI is InChI=1S/C26H27ClN4O6/c1-36-24(34)28-18-7-4-16(5-8-18)22(32)29-21(12-15-2-3-15)23(33)31-11-10-26(14-31)19-13-17(27)6-9-20(19)30-25(35)37-26/h4-9,13,15,21H,2-3,10-12,14H2,1H3,(H,28,34)(H,29,32)(H,30,35)/t21-,26?/m0/s1. The van der Waals surface area contributed by atoms with E-state index < -0.39 is 23.8 Å². The summed E-state index contributed by atoms with van der Waals surface area (Å²) in [7, 11) is 1.26. The van der Waals surface area contributed by atoms with Crippen LogP contribution in [0.15, 0.2) is 42.5 Å². The molecule has 1 spiro atoms. The number of methoxy groups -OCH3 is 1. The van der Waals surface area contributed by atoms with E-state index in [0.29, 0.717) is 47.3 Å². The van der Waals surface area contributed by atoms with Crippen LogP contribution in [-0.2, 0) is 19.9 Å². The van der Waals surface area contributed by atoms with Gasteiger partial charge in [0.15, 0.2) is 5.60 Å². The molecule has 0 radical (unpaired) electrons. The molecule has 5 rings (SSSR count). The highest BCUT2D eigenvalue weighted by atomic mass is 35.5. The highest BCUT2D eigenvalue weighted by Gasteiger charge is 2.49. The summed E-state index contributed by atoms with van der Waals surface area (Å²) in [6.07, 6.45) is 1.83. The smallest absolute Gasteiger partial charge is 0.412 e. The van der Waals surface area contributed by atoms with Crippen molar-refractivity contribution in [1.29, 1.82) is 0 Å². The third kappa shape index (κ3) is 5.34. The molecule has 1 aliphatic carbocycles. The van der Waals surface area contributed by atoms with Crippen LogP contribution in [0.25, 0.3) is 0 Å². The fourth-order valence-electron chi connectivity index (χ4n) is 4.89. The first kappa shape index (κ1) is 24.9. The number of fused-ring (bicyclic) bond motifs is 2. The number of nitrogens with zero attached hydrogens (tertiary/aromatic N) is 1. The summed E-state index contributed by atoms with van der Waals surface area (Å²) in [4.78, 5) is 52.0. The van der Waals surface area contributed by atoms with Crippen LogP contribution < -0.4 is 16.0 Å². The number of benzene rings is 2. The zero-order valence-corrected chi connectivity index (χ0v) is 21.0. The van der Waals surface area contributed by atoms with Crippen molar-refractivity contribution in [2.75, 3.05) is 30.8 Å². The first-order valence-electron chi connectivity index (χ1n) is 12.1. The van der Waals surface area contributed by atoms with Crippen LogP contribution in [-0.4, -0.2) is 55.1 Å². The summed E-state index contributed by atoms with van der Waals surface area (Å²) < 4.78 is 10.3. The van der Waals surface area contributed by atoms with E-state index in [4.69, 9.17) is 16.3 Å². The van der Waals surface area contributed by atoms with Crippen LogP contribution in [0.4, 0.5) is 21.0 Å². The van der Waals surface area contributed by atoms with Gasteiger partial charge in [-0.3, -0.25) is 20.2 Å². The largest absolute Gasteiger partial charge is 0.453 e. The van der Waals surface area contributed by atoms with Gasteiger partial charge in [0.05, 0.1) is 19.3 Å². The Kier molecular flexibility index (Phi) is 6.68. The molecule has 4 amide bonds. The molecule has 1 unspecified atom stereocenters. The second-order valence-electron chi connectivity index (χ2n) is 9.61. The number of hydrogen-bond donors (Lipinski definition) is 3. The third-order valence-electron chi connectivity index (χ3n) is 6.99. The lowest BCUT2D eigenvalue weighted by Gasteiger charge is -2.35. The Labute approximate surface area is 218 Å². The van der Waals surface area contributed by atoms with Crippen molar-refractivity contribution in [1.82, 2.24) is 10.2 Å². The highest BCUT2D eigenvalue weighted by molar-refractivity contribution is 6.30. The van der Waals surface area contributed by atoms with Crippen LogP contribution in [0, 0.1) is 5.92 Å². The lowest BCUT2D eigenvalue weighted by molar-refractivity contribution is -0.133. The van der Waals surface area contributed by atoms with E-state index in [-0.39, 0.29) is 18.4 Å². The van der Waals surface area contributed by atoms with E-state index >= 15 is 0 Å². The molecule has 194 valence electrons. The maximum Gasteiger partial charge on any atom is 0.412 e. The van der Waals surface area contributed by atoms with Crippen molar-refractivity contribution < 1.29 is 28.7 Å². The van der Waals surface area contributed by atoms with Crippen LogP contribution in [0.3, 0.4) is 0 Å². The van der Waals surface area contributed by atoms with Crippen LogP contribution in [0.5, 0.6) is 0 Å². The molecule has 2 aliphatic heterocycles. The molecule has 3 N–H and O–H groups in total. The second kappa shape index (κ2) is 9.93. The van der Waals surface area contributed by atoms with Crippen molar-refractivity contribution in [3.63, 3.8) is 0 Å².